The summed E-state index contributed by atoms with van der Waals surface area (Å²) in [5, 5.41) is 6.83. The van der Waals surface area contributed by atoms with Crippen LogP contribution in [0.5, 0.6) is 5.75 Å². The van der Waals surface area contributed by atoms with Crippen LogP contribution in [0, 0.1) is 0 Å². The van der Waals surface area contributed by atoms with Gasteiger partial charge in [0.05, 0.1) is 26.1 Å². The average Bonchev–Trinajstić information content (AvgIpc) is 3.50. The van der Waals surface area contributed by atoms with E-state index in [1.807, 2.05) is 24.3 Å². The van der Waals surface area contributed by atoms with Crippen LogP contribution in [0.1, 0.15) is 30.6 Å². The fraction of sp³-hybridized carbons (Fsp3) is 0.542. The Hall–Kier alpha value is -2.51. The molecule has 1 aliphatic rings. The van der Waals surface area contributed by atoms with Crippen molar-refractivity contribution >= 4 is 5.96 Å². The molecule has 7 heteroatoms. The summed E-state index contributed by atoms with van der Waals surface area (Å²) >= 11 is 0. The lowest BCUT2D eigenvalue weighted by Gasteiger charge is -2.13. The molecule has 31 heavy (non-hydrogen) atoms. The van der Waals surface area contributed by atoms with Gasteiger partial charge in [0, 0.05) is 39.3 Å². The summed E-state index contributed by atoms with van der Waals surface area (Å²) in [6.45, 7) is 4.54. The van der Waals surface area contributed by atoms with Crippen molar-refractivity contribution in [3.63, 3.8) is 0 Å². The Balaban J connectivity index is 1.38. The molecule has 170 valence electrons. The molecule has 2 aromatic rings. The van der Waals surface area contributed by atoms with E-state index in [0.717, 1.165) is 69.3 Å². The number of guanidine groups is 1. The minimum atomic E-state index is 0.280. The molecule has 1 saturated heterocycles. The maximum Gasteiger partial charge on any atom is 0.191 e. The second-order valence-corrected chi connectivity index (χ2v) is 7.57. The van der Waals surface area contributed by atoms with Crippen molar-refractivity contribution in [3.05, 3.63) is 54.0 Å². The first-order valence-corrected chi connectivity index (χ1v) is 11.2. The third-order valence-electron chi connectivity index (χ3n) is 5.15. The summed E-state index contributed by atoms with van der Waals surface area (Å²) in [6.07, 6.45) is 6.85. The van der Waals surface area contributed by atoms with E-state index < -0.39 is 0 Å². The molecule has 0 saturated carbocycles. The molecule has 0 amide bonds. The molecule has 2 N–H and O–H groups in total. The fourth-order valence-corrected chi connectivity index (χ4v) is 3.40. The Morgan fingerprint density at radius 2 is 1.97 bits per heavy atom. The SMILES string of the molecule is COc1ccc(CCNC(=NCCCOCC2CCCO2)NCCc2ccco2)cc1. The fourth-order valence-electron chi connectivity index (χ4n) is 3.40. The van der Waals surface area contributed by atoms with Gasteiger partial charge in [-0.2, -0.15) is 0 Å². The maximum absolute atomic E-state index is 5.73. The summed E-state index contributed by atoms with van der Waals surface area (Å²) in [4.78, 5) is 4.70. The summed E-state index contributed by atoms with van der Waals surface area (Å²) in [5.74, 6) is 2.66. The zero-order chi connectivity index (χ0) is 21.6. The molecule has 2 heterocycles. The summed E-state index contributed by atoms with van der Waals surface area (Å²) in [6, 6.07) is 12.1. The first-order valence-electron chi connectivity index (χ1n) is 11.2. The van der Waals surface area contributed by atoms with E-state index in [4.69, 9.17) is 23.6 Å². The lowest BCUT2D eigenvalue weighted by Crippen LogP contribution is -2.39. The van der Waals surface area contributed by atoms with Gasteiger partial charge in [0.2, 0.25) is 0 Å². The van der Waals surface area contributed by atoms with Crippen LogP contribution in [0.4, 0.5) is 0 Å². The average molecular weight is 430 g/mol. The smallest absolute Gasteiger partial charge is 0.191 e. The van der Waals surface area contributed by atoms with E-state index >= 15 is 0 Å². The van der Waals surface area contributed by atoms with Crippen molar-refractivity contribution in [2.75, 3.05) is 46.6 Å². The second-order valence-electron chi connectivity index (χ2n) is 7.57. The van der Waals surface area contributed by atoms with Gasteiger partial charge in [-0.1, -0.05) is 12.1 Å². The number of hydrogen-bond donors (Lipinski definition) is 2. The van der Waals surface area contributed by atoms with Crippen LogP contribution in [0.15, 0.2) is 52.1 Å². The molecule has 3 rings (SSSR count). The zero-order valence-electron chi connectivity index (χ0n) is 18.5. The van der Waals surface area contributed by atoms with Crippen LogP contribution >= 0.6 is 0 Å². The predicted octanol–water partition coefficient (Wildman–Crippen LogP) is 3.19. The quantitative estimate of drug-likeness (QED) is 0.289. The van der Waals surface area contributed by atoms with Crippen molar-refractivity contribution in [1.29, 1.82) is 0 Å². The van der Waals surface area contributed by atoms with Crippen molar-refractivity contribution in [3.8, 4) is 5.75 Å². The first-order chi connectivity index (χ1) is 15.3. The highest BCUT2D eigenvalue weighted by atomic mass is 16.5. The van der Waals surface area contributed by atoms with Gasteiger partial charge in [0.1, 0.15) is 11.5 Å². The van der Waals surface area contributed by atoms with E-state index in [0.29, 0.717) is 19.8 Å². The summed E-state index contributed by atoms with van der Waals surface area (Å²) in [7, 11) is 1.68. The maximum atomic E-state index is 5.73. The van der Waals surface area contributed by atoms with Gasteiger partial charge in [-0.25, -0.2) is 0 Å². The second kappa shape index (κ2) is 13.7. The normalized spacial score (nSPS) is 16.4. The third-order valence-corrected chi connectivity index (χ3v) is 5.15. The van der Waals surface area contributed by atoms with Gasteiger partial charge in [0.15, 0.2) is 5.96 Å². The van der Waals surface area contributed by atoms with Crippen LogP contribution in [-0.4, -0.2) is 58.6 Å². The highest BCUT2D eigenvalue weighted by Crippen LogP contribution is 2.12. The van der Waals surface area contributed by atoms with Crippen molar-refractivity contribution in [2.24, 2.45) is 4.99 Å². The minimum absolute atomic E-state index is 0.280. The third kappa shape index (κ3) is 9.02. The van der Waals surface area contributed by atoms with Gasteiger partial charge in [-0.15, -0.1) is 0 Å². The Morgan fingerprint density at radius 1 is 1.13 bits per heavy atom. The molecule has 1 fully saturated rings. The number of nitrogens with zero attached hydrogens (tertiary/aromatic N) is 1. The molecule has 1 unspecified atom stereocenters. The number of rotatable bonds is 13. The van der Waals surface area contributed by atoms with Crippen LogP contribution in [0.2, 0.25) is 0 Å². The number of ether oxygens (including phenoxy) is 3. The number of aliphatic imine (C=N–C) groups is 1. The number of hydrogen-bond acceptors (Lipinski definition) is 5. The largest absolute Gasteiger partial charge is 0.497 e. The number of nitrogens with one attached hydrogen (secondary N) is 2. The topological polar surface area (TPSA) is 77.2 Å². The van der Waals surface area contributed by atoms with Gasteiger partial charge >= 0.3 is 0 Å². The van der Waals surface area contributed by atoms with Crippen molar-refractivity contribution in [2.45, 2.75) is 38.2 Å². The lowest BCUT2D eigenvalue weighted by atomic mass is 10.1. The number of furan rings is 1. The van der Waals surface area contributed by atoms with Gasteiger partial charge in [-0.3, -0.25) is 4.99 Å². The van der Waals surface area contributed by atoms with Crippen LogP contribution in [-0.2, 0) is 22.3 Å². The lowest BCUT2D eigenvalue weighted by molar-refractivity contribution is 0.0171. The highest BCUT2D eigenvalue weighted by molar-refractivity contribution is 5.79. The van der Waals surface area contributed by atoms with Gasteiger partial charge in [0.25, 0.3) is 0 Å². The van der Waals surface area contributed by atoms with E-state index in [1.54, 1.807) is 13.4 Å². The molecular formula is C24H35N3O4. The Labute approximate surface area is 185 Å². The Kier molecular flexibility index (Phi) is 10.3. The van der Waals surface area contributed by atoms with E-state index in [1.165, 1.54) is 5.56 Å². The van der Waals surface area contributed by atoms with E-state index in [-0.39, 0.29) is 6.10 Å². The van der Waals surface area contributed by atoms with Gasteiger partial charge < -0.3 is 29.3 Å². The molecule has 7 nitrogen and oxygen atoms in total. The van der Waals surface area contributed by atoms with Crippen molar-refractivity contribution in [1.82, 2.24) is 10.6 Å². The standard InChI is InChI=1S/C24H35N3O4/c1-28-21-9-7-20(8-10-21)11-14-26-24(27-15-12-22-5-2-17-30-22)25-13-4-16-29-19-23-6-3-18-31-23/h2,5,7-10,17,23H,3-4,6,11-16,18-19H2,1H3,(H2,25,26,27). The van der Waals surface area contributed by atoms with Gasteiger partial charge in [-0.05, 0) is 55.5 Å². The molecule has 0 spiro atoms. The monoisotopic (exact) mass is 429 g/mol. The summed E-state index contributed by atoms with van der Waals surface area (Å²) in [5.41, 5.74) is 1.26. The summed E-state index contributed by atoms with van der Waals surface area (Å²) < 4.78 is 21.9. The van der Waals surface area contributed by atoms with Crippen LogP contribution in [0.25, 0.3) is 0 Å². The molecule has 1 aromatic heterocycles. The molecule has 1 atom stereocenters. The molecular weight excluding hydrogens is 394 g/mol. The zero-order valence-corrected chi connectivity index (χ0v) is 18.5. The van der Waals surface area contributed by atoms with E-state index in [2.05, 4.69) is 22.8 Å². The van der Waals surface area contributed by atoms with E-state index in [9.17, 15) is 0 Å². The molecule has 0 bridgehead atoms. The molecule has 1 aromatic carbocycles. The van der Waals surface area contributed by atoms with Crippen LogP contribution < -0.4 is 15.4 Å². The predicted molar refractivity (Wildman–Crippen MR) is 122 cm³/mol. The Bertz CT molecular complexity index is 741. The molecule has 1 aliphatic heterocycles. The number of benzene rings is 1. The Morgan fingerprint density at radius 3 is 2.68 bits per heavy atom. The molecule has 0 radical (unpaired) electrons. The first kappa shape index (κ1) is 23.2. The minimum Gasteiger partial charge on any atom is -0.497 e. The number of methoxy groups -OCH3 is 1. The van der Waals surface area contributed by atoms with Crippen LogP contribution in [0.3, 0.4) is 0 Å². The van der Waals surface area contributed by atoms with Crippen molar-refractivity contribution < 1.29 is 18.6 Å². The molecule has 0 aliphatic carbocycles. The highest BCUT2D eigenvalue weighted by Gasteiger charge is 2.14.